The maximum Gasteiger partial charge on any atom is 0.417 e. The van der Waals surface area contributed by atoms with Crippen molar-refractivity contribution in [3.05, 3.63) is 84.7 Å². The molecule has 0 aliphatic heterocycles. The first-order chi connectivity index (χ1) is 11.8. The Morgan fingerprint density at radius 3 is 2.42 bits per heavy atom. The normalized spacial score (nSPS) is 10.0. The average Bonchev–Trinajstić information content (AvgIpc) is 2.63. The van der Waals surface area contributed by atoms with Gasteiger partial charge < -0.3 is 9.47 Å². The summed E-state index contributed by atoms with van der Waals surface area (Å²) in [6.07, 6.45) is 2.94. The fraction of sp³-hybridized carbons (Fsp3) is 0.0526. The molecule has 5 nitrogen and oxygen atoms in total. The predicted octanol–water partition coefficient (Wildman–Crippen LogP) is 4.27. The van der Waals surface area contributed by atoms with E-state index >= 15 is 0 Å². The number of para-hydroxylation sites is 1. The van der Waals surface area contributed by atoms with E-state index in [0.717, 1.165) is 5.56 Å². The van der Waals surface area contributed by atoms with Crippen molar-refractivity contribution in [3.8, 4) is 11.5 Å². The first kappa shape index (κ1) is 15.6. The smallest absolute Gasteiger partial charge is 0.417 e. The number of hydrogen-bond acceptors (Lipinski definition) is 4. The molecule has 1 amide bonds. The van der Waals surface area contributed by atoms with E-state index in [2.05, 4.69) is 10.3 Å². The van der Waals surface area contributed by atoms with Gasteiger partial charge in [0, 0.05) is 23.6 Å². The molecule has 0 fully saturated rings. The SMILES string of the molecule is O=C(Nc1ccc(OCc2cccnc2)cc1)Oc1ccccc1. The molecular formula is C19H16N2O3. The Balaban J connectivity index is 1.51. The Bertz CT molecular complexity index is 775. The number of rotatable bonds is 5. The largest absolute Gasteiger partial charge is 0.489 e. The van der Waals surface area contributed by atoms with E-state index < -0.39 is 6.09 Å². The molecule has 0 saturated heterocycles. The number of nitrogens with zero attached hydrogens (tertiary/aromatic N) is 1. The second kappa shape index (κ2) is 7.78. The molecule has 1 aromatic heterocycles. The van der Waals surface area contributed by atoms with Crippen LogP contribution in [0.15, 0.2) is 79.1 Å². The minimum absolute atomic E-state index is 0.441. The second-order valence-electron chi connectivity index (χ2n) is 5.00. The van der Waals surface area contributed by atoms with E-state index in [-0.39, 0.29) is 0 Å². The Hall–Kier alpha value is -3.34. The Kier molecular flexibility index (Phi) is 5.04. The average molecular weight is 320 g/mol. The topological polar surface area (TPSA) is 60.5 Å². The summed E-state index contributed by atoms with van der Waals surface area (Å²) in [5.41, 5.74) is 1.62. The van der Waals surface area contributed by atoms with Crippen LogP contribution in [0.5, 0.6) is 11.5 Å². The molecule has 0 spiro atoms. The van der Waals surface area contributed by atoms with E-state index in [1.807, 2.05) is 18.2 Å². The van der Waals surface area contributed by atoms with Gasteiger partial charge in [0.2, 0.25) is 0 Å². The highest BCUT2D eigenvalue weighted by Crippen LogP contribution is 2.17. The lowest BCUT2D eigenvalue weighted by Crippen LogP contribution is -2.16. The Labute approximate surface area is 139 Å². The van der Waals surface area contributed by atoms with Crippen LogP contribution in [0.2, 0.25) is 0 Å². The minimum atomic E-state index is -0.537. The zero-order valence-electron chi connectivity index (χ0n) is 12.9. The molecule has 0 atom stereocenters. The van der Waals surface area contributed by atoms with Crippen molar-refractivity contribution in [3.63, 3.8) is 0 Å². The Morgan fingerprint density at radius 1 is 0.917 bits per heavy atom. The third kappa shape index (κ3) is 4.58. The molecule has 3 rings (SSSR count). The van der Waals surface area contributed by atoms with Gasteiger partial charge in [0.1, 0.15) is 18.1 Å². The van der Waals surface area contributed by atoms with Crippen molar-refractivity contribution in [1.82, 2.24) is 4.98 Å². The number of nitrogens with one attached hydrogen (secondary N) is 1. The van der Waals surface area contributed by atoms with Gasteiger partial charge in [-0.05, 0) is 42.5 Å². The molecule has 120 valence electrons. The van der Waals surface area contributed by atoms with Crippen molar-refractivity contribution in [2.75, 3.05) is 5.32 Å². The van der Waals surface area contributed by atoms with Crippen LogP contribution in [0.3, 0.4) is 0 Å². The summed E-state index contributed by atoms with van der Waals surface area (Å²) < 4.78 is 10.8. The summed E-state index contributed by atoms with van der Waals surface area (Å²) in [6, 6.07) is 19.8. The Morgan fingerprint density at radius 2 is 1.71 bits per heavy atom. The van der Waals surface area contributed by atoms with Crippen LogP contribution in [0.1, 0.15) is 5.56 Å². The number of aromatic nitrogens is 1. The van der Waals surface area contributed by atoms with Gasteiger partial charge in [-0.15, -0.1) is 0 Å². The number of anilines is 1. The quantitative estimate of drug-likeness (QED) is 0.762. The number of carbonyl (C=O) groups excluding carboxylic acids is 1. The van der Waals surface area contributed by atoms with Crippen LogP contribution >= 0.6 is 0 Å². The van der Waals surface area contributed by atoms with Gasteiger partial charge in [-0.2, -0.15) is 0 Å². The number of carbonyl (C=O) groups is 1. The molecule has 1 N–H and O–H groups in total. The van der Waals surface area contributed by atoms with E-state index in [0.29, 0.717) is 23.8 Å². The van der Waals surface area contributed by atoms with Crippen LogP contribution in [0.25, 0.3) is 0 Å². The van der Waals surface area contributed by atoms with Gasteiger partial charge in [0.25, 0.3) is 0 Å². The lowest BCUT2D eigenvalue weighted by molar-refractivity contribution is 0.215. The molecule has 0 bridgehead atoms. The lowest BCUT2D eigenvalue weighted by atomic mass is 10.3. The molecule has 3 aromatic rings. The second-order valence-corrected chi connectivity index (χ2v) is 5.00. The first-order valence-corrected chi connectivity index (χ1v) is 7.45. The summed E-state index contributed by atoms with van der Waals surface area (Å²) in [7, 11) is 0. The van der Waals surface area contributed by atoms with Crippen molar-refractivity contribution in [2.24, 2.45) is 0 Å². The summed E-state index contributed by atoms with van der Waals surface area (Å²) in [5.74, 6) is 1.20. The highest BCUT2D eigenvalue weighted by molar-refractivity contribution is 5.86. The molecule has 1 heterocycles. The molecule has 0 aliphatic carbocycles. The van der Waals surface area contributed by atoms with Crippen molar-refractivity contribution >= 4 is 11.8 Å². The summed E-state index contributed by atoms with van der Waals surface area (Å²) in [4.78, 5) is 15.8. The van der Waals surface area contributed by atoms with Gasteiger partial charge >= 0.3 is 6.09 Å². The maximum absolute atomic E-state index is 11.8. The third-order valence-corrected chi connectivity index (χ3v) is 3.18. The zero-order chi connectivity index (χ0) is 16.6. The lowest BCUT2D eigenvalue weighted by Gasteiger charge is -2.08. The molecular weight excluding hydrogens is 304 g/mol. The van der Waals surface area contributed by atoms with Crippen LogP contribution in [0.4, 0.5) is 10.5 Å². The van der Waals surface area contributed by atoms with E-state index in [4.69, 9.17) is 9.47 Å². The molecule has 0 aliphatic rings. The molecule has 0 unspecified atom stereocenters. The van der Waals surface area contributed by atoms with E-state index in [1.54, 1.807) is 60.9 Å². The summed E-state index contributed by atoms with van der Waals surface area (Å²) in [6.45, 7) is 0.441. The molecule has 0 radical (unpaired) electrons. The summed E-state index contributed by atoms with van der Waals surface area (Å²) >= 11 is 0. The number of pyridine rings is 1. The van der Waals surface area contributed by atoms with Gasteiger partial charge in [0.15, 0.2) is 0 Å². The molecule has 0 saturated carbocycles. The standard InChI is InChI=1S/C19H16N2O3/c22-19(24-18-6-2-1-3-7-18)21-16-8-10-17(11-9-16)23-14-15-5-4-12-20-13-15/h1-13H,14H2,(H,21,22). The fourth-order valence-electron chi connectivity index (χ4n) is 2.02. The van der Waals surface area contributed by atoms with Crippen molar-refractivity contribution < 1.29 is 14.3 Å². The molecule has 2 aromatic carbocycles. The predicted molar refractivity (Wildman–Crippen MR) is 91.1 cm³/mol. The number of hydrogen-bond donors (Lipinski definition) is 1. The minimum Gasteiger partial charge on any atom is -0.489 e. The number of benzene rings is 2. The number of ether oxygens (including phenoxy) is 2. The van der Waals surface area contributed by atoms with Crippen molar-refractivity contribution in [1.29, 1.82) is 0 Å². The summed E-state index contributed by atoms with van der Waals surface area (Å²) in [5, 5.41) is 2.66. The van der Waals surface area contributed by atoms with Crippen LogP contribution < -0.4 is 14.8 Å². The number of amides is 1. The highest BCUT2D eigenvalue weighted by Gasteiger charge is 2.05. The van der Waals surface area contributed by atoms with Crippen LogP contribution in [-0.4, -0.2) is 11.1 Å². The first-order valence-electron chi connectivity index (χ1n) is 7.45. The van der Waals surface area contributed by atoms with Gasteiger partial charge in [0.05, 0.1) is 0 Å². The zero-order valence-corrected chi connectivity index (χ0v) is 12.9. The molecule has 5 heteroatoms. The monoisotopic (exact) mass is 320 g/mol. The van der Waals surface area contributed by atoms with Crippen molar-refractivity contribution in [2.45, 2.75) is 6.61 Å². The van der Waals surface area contributed by atoms with E-state index in [1.165, 1.54) is 0 Å². The molecule has 24 heavy (non-hydrogen) atoms. The maximum atomic E-state index is 11.8. The third-order valence-electron chi connectivity index (χ3n) is 3.18. The van der Waals surface area contributed by atoms with Gasteiger partial charge in [-0.1, -0.05) is 24.3 Å². The fourth-order valence-corrected chi connectivity index (χ4v) is 2.02. The van der Waals surface area contributed by atoms with Gasteiger partial charge in [-0.3, -0.25) is 10.3 Å². The van der Waals surface area contributed by atoms with E-state index in [9.17, 15) is 4.79 Å². The van der Waals surface area contributed by atoms with Crippen LogP contribution in [0, 0.1) is 0 Å². The van der Waals surface area contributed by atoms with Gasteiger partial charge in [-0.25, -0.2) is 4.79 Å². The van der Waals surface area contributed by atoms with Crippen LogP contribution in [-0.2, 0) is 6.61 Å². The highest BCUT2D eigenvalue weighted by atomic mass is 16.6.